The molecule has 0 bridgehead atoms. The molecule has 22 heavy (non-hydrogen) atoms. The van der Waals surface area contributed by atoms with Crippen LogP contribution < -0.4 is 5.32 Å². The Kier molecular flexibility index (Phi) is 6.40. The summed E-state index contributed by atoms with van der Waals surface area (Å²) in [6, 6.07) is 8.80. The lowest BCUT2D eigenvalue weighted by Gasteiger charge is -2.23. The summed E-state index contributed by atoms with van der Waals surface area (Å²) in [5, 5.41) is 2.73. The second kappa shape index (κ2) is 7.82. The Labute approximate surface area is 132 Å². The standard InChI is InChI=1S/C17H25NO4/c1-12(2)21-15(19)11-14(13-9-7-6-8-10-13)18-16(20)22-17(3,4)5/h6-10,12,14H,11H2,1-5H3,(H,18,20)/t14-/m0/s1. The van der Waals surface area contributed by atoms with Crippen LogP contribution in [-0.4, -0.2) is 23.8 Å². The van der Waals surface area contributed by atoms with Crippen molar-refractivity contribution in [3.63, 3.8) is 0 Å². The van der Waals surface area contributed by atoms with Crippen molar-refractivity contribution in [2.45, 2.75) is 58.8 Å². The smallest absolute Gasteiger partial charge is 0.408 e. The first kappa shape index (κ1) is 18.0. The van der Waals surface area contributed by atoms with Crippen LogP contribution in [0.4, 0.5) is 4.79 Å². The largest absolute Gasteiger partial charge is 0.463 e. The molecule has 0 heterocycles. The van der Waals surface area contributed by atoms with Crippen LogP contribution in [0.3, 0.4) is 0 Å². The van der Waals surface area contributed by atoms with Crippen molar-refractivity contribution >= 4 is 12.1 Å². The van der Waals surface area contributed by atoms with E-state index in [4.69, 9.17) is 9.47 Å². The van der Waals surface area contributed by atoms with Gasteiger partial charge in [-0.1, -0.05) is 30.3 Å². The zero-order valence-electron chi connectivity index (χ0n) is 13.9. The van der Waals surface area contributed by atoms with Crippen LogP contribution in [0.1, 0.15) is 52.6 Å². The number of hydrogen-bond donors (Lipinski definition) is 1. The van der Waals surface area contributed by atoms with E-state index in [2.05, 4.69) is 5.32 Å². The Balaban J connectivity index is 2.79. The Hall–Kier alpha value is -2.04. The van der Waals surface area contributed by atoms with E-state index >= 15 is 0 Å². The van der Waals surface area contributed by atoms with Gasteiger partial charge < -0.3 is 14.8 Å². The van der Waals surface area contributed by atoms with Gasteiger partial charge in [0.15, 0.2) is 0 Å². The molecule has 1 rings (SSSR count). The summed E-state index contributed by atoms with van der Waals surface area (Å²) in [5.41, 5.74) is 0.234. The number of alkyl carbamates (subject to hydrolysis) is 1. The van der Waals surface area contributed by atoms with E-state index in [0.29, 0.717) is 0 Å². The molecule has 0 fully saturated rings. The Morgan fingerprint density at radius 2 is 1.73 bits per heavy atom. The van der Waals surface area contributed by atoms with E-state index in [1.165, 1.54) is 0 Å². The maximum absolute atomic E-state index is 12.0. The third-order valence-electron chi connectivity index (χ3n) is 2.63. The van der Waals surface area contributed by atoms with Crippen LogP contribution in [0.25, 0.3) is 0 Å². The third kappa shape index (κ3) is 7.11. The van der Waals surface area contributed by atoms with Crippen molar-refractivity contribution < 1.29 is 19.1 Å². The molecule has 5 heteroatoms. The van der Waals surface area contributed by atoms with Gasteiger partial charge >= 0.3 is 12.1 Å². The summed E-state index contributed by atoms with van der Waals surface area (Å²) in [5.74, 6) is -0.361. The molecular formula is C17H25NO4. The van der Waals surface area contributed by atoms with Gasteiger partial charge in [-0.25, -0.2) is 4.79 Å². The molecule has 0 aliphatic carbocycles. The minimum absolute atomic E-state index is 0.0570. The van der Waals surface area contributed by atoms with Gasteiger partial charge in [0, 0.05) is 0 Å². The number of benzene rings is 1. The molecule has 0 spiro atoms. The van der Waals surface area contributed by atoms with Crippen LogP contribution in [0.15, 0.2) is 30.3 Å². The average Bonchev–Trinajstić information content (AvgIpc) is 2.35. The highest BCUT2D eigenvalue weighted by molar-refractivity contribution is 5.73. The maximum atomic E-state index is 12.0. The predicted molar refractivity (Wildman–Crippen MR) is 84.4 cm³/mol. The van der Waals surface area contributed by atoms with E-state index in [1.807, 2.05) is 30.3 Å². The highest BCUT2D eigenvalue weighted by atomic mass is 16.6. The van der Waals surface area contributed by atoms with Crippen LogP contribution in [0, 0.1) is 0 Å². The summed E-state index contributed by atoms with van der Waals surface area (Å²) < 4.78 is 10.4. The number of amides is 1. The molecule has 1 aromatic rings. The average molecular weight is 307 g/mol. The molecule has 1 aromatic carbocycles. The van der Waals surface area contributed by atoms with Crippen molar-refractivity contribution in [1.29, 1.82) is 0 Å². The lowest BCUT2D eigenvalue weighted by molar-refractivity contribution is -0.147. The second-order valence-corrected chi connectivity index (χ2v) is 6.35. The topological polar surface area (TPSA) is 64.6 Å². The zero-order valence-corrected chi connectivity index (χ0v) is 13.9. The minimum atomic E-state index is -0.593. The number of carbonyl (C=O) groups is 2. The van der Waals surface area contributed by atoms with Crippen LogP contribution in [-0.2, 0) is 14.3 Å². The lowest BCUT2D eigenvalue weighted by atomic mass is 10.0. The fourth-order valence-electron chi connectivity index (χ4n) is 1.87. The first-order chi connectivity index (χ1) is 10.2. The van der Waals surface area contributed by atoms with E-state index in [9.17, 15) is 9.59 Å². The number of esters is 1. The van der Waals surface area contributed by atoms with Gasteiger partial charge in [0.2, 0.25) is 0 Å². The van der Waals surface area contributed by atoms with Crippen molar-refractivity contribution in [2.75, 3.05) is 0 Å². The fraction of sp³-hybridized carbons (Fsp3) is 0.529. The molecule has 0 saturated heterocycles. The zero-order chi connectivity index (χ0) is 16.8. The van der Waals surface area contributed by atoms with Gasteiger partial charge in [0.1, 0.15) is 5.60 Å². The maximum Gasteiger partial charge on any atom is 0.408 e. The van der Waals surface area contributed by atoms with Gasteiger partial charge in [0.25, 0.3) is 0 Å². The van der Waals surface area contributed by atoms with Crippen molar-refractivity contribution in [3.05, 3.63) is 35.9 Å². The first-order valence-corrected chi connectivity index (χ1v) is 7.41. The molecule has 122 valence electrons. The van der Waals surface area contributed by atoms with Crippen LogP contribution in [0.5, 0.6) is 0 Å². The highest BCUT2D eigenvalue weighted by Gasteiger charge is 2.23. The molecule has 0 aromatic heterocycles. The molecule has 0 unspecified atom stereocenters. The van der Waals surface area contributed by atoms with Crippen molar-refractivity contribution in [2.24, 2.45) is 0 Å². The van der Waals surface area contributed by atoms with Crippen molar-refractivity contribution in [1.82, 2.24) is 5.32 Å². The molecule has 1 atom stereocenters. The molecular weight excluding hydrogens is 282 g/mol. The normalized spacial score (nSPS) is 12.6. The monoisotopic (exact) mass is 307 g/mol. The first-order valence-electron chi connectivity index (χ1n) is 7.41. The van der Waals surface area contributed by atoms with E-state index in [1.54, 1.807) is 34.6 Å². The highest BCUT2D eigenvalue weighted by Crippen LogP contribution is 2.19. The predicted octanol–water partition coefficient (Wildman–Crippen LogP) is 3.59. The molecule has 0 saturated carbocycles. The summed E-state index contributed by atoms with van der Waals surface area (Å²) in [6.45, 7) is 8.94. The second-order valence-electron chi connectivity index (χ2n) is 6.35. The lowest BCUT2D eigenvalue weighted by Crippen LogP contribution is -2.36. The van der Waals surface area contributed by atoms with Gasteiger partial charge in [-0.05, 0) is 40.2 Å². The van der Waals surface area contributed by atoms with Gasteiger partial charge in [0.05, 0.1) is 18.6 Å². The molecule has 5 nitrogen and oxygen atoms in total. The van der Waals surface area contributed by atoms with Crippen molar-refractivity contribution in [3.8, 4) is 0 Å². The fourth-order valence-corrected chi connectivity index (χ4v) is 1.87. The van der Waals surface area contributed by atoms with Crippen LogP contribution in [0.2, 0.25) is 0 Å². The molecule has 1 amide bonds. The summed E-state index contributed by atoms with van der Waals surface area (Å²) in [4.78, 5) is 23.9. The SMILES string of the molecule is CC(C)OC(=O)C[C@H](NC(=O)OC(C)(C)C)c1ccccc1. The van der Waals surface area contributed by atoms with Crippen LogP contribution >= 0.6 is 0 Å². The summed E-state index contributed by atoms with van der Waals surface area (Å²) in [7, 11) is 0. The number of hydrogen-bond acceptors (Lipinski definition) is 4. The number of carbonyl (C=O) groups excluding carboxylic acids is 2. The van der Waals surface area contributed by atoms with Gasteiger partial charge in [-0.15, -0.1) is 0 Å². The minimum Gasteiger partial charge on any atom is -0.463 e. The molecule has 0 radical (unpaired) electrons. The third-order valence-corrected chi connectivity index (χ3v) is 2.63. The van der Waals surface area contributed by atoms with Gasteiger partial charge in [-0.2, -0.15) is 0 Å². The van der Waals surface area contributed by atoms with Gasteiger partial charge in [-0.3, -0.25) is 4.79 Å². The number of rotatable bonds is 5. The quantitative estimate of drug-likeness (QED) is 0.844. The summed E-state index contributed by atoms with van der Waals surface area (Å²) in [6.07, 6.45) is -0.689. The van der Waals surface area contributed by atoms with E-state index in [0.717, 1.165) is 5.56 Å². The van der Waals surface area contributed by atoms with E-state index in [-0.39, 0.29) is 18.5 Å². The Morgan fingerprint density at radius 3 is 2.23 bits per heavy atom. The molecule has 1 N–H and O–H groups in total. The summed E-state index contributed by atoms with van der Waals surface area (Å²) >= 11 is 0. The number of nitrogens with one attached hydrogen (secondary N) is 1. The Morgan fingerprint density at radius 1 is 1.14 bits per heavy atom. The molecule has 0 aliphatic heterocycles. The number of ether oxygens (including phenoxy) is 2. The Bertz CT molecular complexity index is 491. The molecule has 0 aliphatic rings. The van der Waals surface area contributed by atoms with E-state index < -0.39 is 17.7 Å².